The van der Waals surface area contributed by atoms with E-state index in [2.05, 4.69) is 0 Å². The van der Waals surface area contributed by atoms with Crippen molar-refractivity contribution in [2.75, 3.05) is 0 Å². The van der Waals surface area contributed by atoms with Crippen LogP contribution in [0.25, 0.3) is 11.1 Å². The summed E-state index contributed by atoms with van der Waals surface area (Å²) < 4.78 is 0. The van der Waals surface area contributed by atoms with Crippen LogP contribution >= 0.6 is 0 Å². The Morgan fingerprint density at radius 3 is 2.16 bits per heavy atom. The van der Waals surface area contributed by atoms with Gasteiger partial charge in [0.15, 0.2) is 0 Å². The van der Waals surface area contributed by atoms with E-state index in [1.165, 1.54) is 18.2 Å². The molecule has 0 bridgehead atoms. The van der Waals surface area contributed by atoms with E-state index in [-0.39, 0.29) is 11.1 Å². The number of aromatic carboxylic acids is 2. The standard InChI is InChI=1S/C15H12O4/c1-9-4-2-3-5-11(9)13-8-10(14(16)17)6-7-12(13)15(18)19/h2-8H,1H3,(H,16,17)(H,18,19). The summed E-state index contributed by atoms with van der Waals surface area (Å²) >= 11 is 0. The maximum absolute atomic E-state index is 11.2. The van der Waals surface area contributed by atoms with Crippen LogP contribution in [0.1, 0.15) is 26.3 Å². The molecule has 4 nitrogen and oxygen atoms in total. The lowest BCUT2D eigenvalue weighted by molar-refractivity contribution is 0.0682. The minimum Gasteiger partial charge on any atom is -0.478 e. The molecule has 0 heterocycles. The molecule has 0 saturated carbocycles. The van der Waals surface area contributed by atoms with Crippen LogP contribution in [0.15, 0.2) is 42.5 Å². The van der Waals surface area contributed by atoms with Gasteiger partial charge in [0.05, 0.1) is 11.1 Å². The lowest BCUT2D eigenvalue weighted by Gasteiger charge is -2.10. The highest BCUT2D eigenvalue weighted by molar-refractivity contribution is 5.99. The molecule has 2 aromatic rings. The Morgan fingerprint density at radius 2 is 1.58 bits per heavy atom. The number of hydrogen-bond donors (Lipinski definition) is 2. The fourth-order valence-electron chi connectivity index (χ4n) is 1.96. The second-order valence-corrected chi connectivity index (χ2v) is 4.19. The zero-order valence-corrected chi connectivity index (χ0v) is 10.3. The van der Waals surface area contributed by atoms with Crippen molar-refractivity contribution in [1.82, 2.24) is 0 Å². The lowest BCUT2D eigenvalue weighted by atomic mass is 9.94. The number of carbonyl (C=O) groups is 2. The van der Waals surface area contributed by atoms with Crippen LogP contribution in [-0.4, -0.2) is 22.2 Å². The van der Waals surface area contributed by atoms with E-state index in [1.54, 1.807) is 12.1 Å². The highest BCUT2D eigenvalue weighted by Crippen LogP contribution is 2.28. The molecule has 0 fully saturated rings. The Morgan fingerprint density at radius 1 is 0.895 bits per heavy atom. The first-order valence-corrected chi connectivity index (χ1v) is 5.67. The van der Waals surface area contributed by atoms with E-state index in [9.17, 15) is 14.7 Å². The molecule has 19 heavy (non-hydrogen) atoms. The van der Waals surface area contributed by atoms with Crippen molar-refractivity contribution in [3.63, 3.8) is 0 Å². The van der Waals surface area contributed by atoms with Crippen LogP contribution < -0.4 is 0 Å². The molecular weight excluding hydrogens is 244 g/mol. The van der Waals surface area contributed by atoms with Gasteiger partial charge in [-0.1, -0.05) is 24.3 Å². The third kappa shape index (κ3) is 2.47. The highest BCUT2D eigenvalue weighted by Gasteiger charge is 2.15. The smallest absolute Gasteiger partial charge is 0.336 e. The van der Waals surface area contributed by atoms with Gasteiger partial charge in [-0.05, 0) is 41.8 Å². The lowest BCUT2D eigenvalue weighted by Crippen LogP contribution is -2.04. The van der Waals surface area contributed by atoms with Gasteiger partial charge in [0.2, 0.25) is 0 Å². The molecular formula is C15H12O4. The molecule has 0 spiro atoms. The molecule has 0 atom stereocenters. The molecule has 0 aliphatic rings. The molecule has 2 aromatic carbocycles. The molecule has 2 N–H and O–H groups in total. The Bertz CT molecular complexity index is 659. The Hall–Kier alpha value is -2.62. The first-order chi connectivity index (χ1) is 9.00. The van der Waals surface area contributed by atoms with Crippen LogP contribution in [0.5, 0.6) is 0 Å². The number of hydrogen-bond acceptors (Lipinski definition) is 2. The van der Waals surface area contributed by atoms with Crippen molar-refractivity contribution in [1.29, 1.82) is 0 Å². The van der Waals surface area contributed by atoms with Gasteiger partial charge >= 0.3 is 11.9 Å². The fourth-order valence-corrected chi connectivity index (χ4v) is 1.96. The largest absolute Gasteiger partial charge is 0.478 e. The normalized spacial score (nSPS) is 10.2. The predicted octanol–water partition coefficient (Wildman–Crippen LogP) is 3.06. The summed E-state index contributed by atoms with van der Waals surface area (Å²) in [6, 6.07) is 11.3. The monoisotopic (exact) mass is 256 g/mol. The van der Waals surface area contributed by atoms with Crippen molar-refractivity contribution in [3.8, 4) is 11.1 Å². The van der Waals surface area contributed by atoms with E-state index < -0.39 is 11.9 Å². The summed E-state index contributed by atoms with van der Waals surface area (Å²) in [6.07, 6.45) is 0. The molecule has 0 aliphatic carbocycles. The number of aryl methyl sites for hydroxylation is 1. The zero-order chi connectivity index (χ0) is 14.0. The third-order valence-corrected chi connectivity index (χ3v) is 2.93. The fraction of sp³-hybridized carbons (Fsp3) is 0.0667. The molecule has 0 saturated heterocycles. The van der Waals surface area contributed by atoms with Crippen LogP contribution in [-0.2, 0) is 0 Å². The van der Waals surface area contributed by atoms with Gasteiger partial charge in [-0.15, -0.1) is 0 Å². The molecule has 0 unspecified atom stereocenters. The van der Waals surface area contributed by atoms with Gasteiger partial charge in [-0.25, -0.2) is 9.59 Å². The second-order valence-electron chi connectivity index (χ2n) is 4.19. The van der Waals surface area contributed by atoms with Crippen molar-refractivity contribution in [2.24, 2.45) is 0 Å². The van der Waals surface area contributed by atoms with E-state index in [4.69, 9.17) is 5.11 Å². The highest BCUT2D eigenvalue weighted by atomic mass is 16.4. The molecule has 2 rings (SSSR count). The first-order valence-electron chi connectivity index (χ1n) is 5.67. The van der Waals surface area contributed by atoms with Gasteiger partial charge in [0, 0.05) is 0 Å². The Balaban J connectivity index is 2.72. The van der Waals surface area contributed by atoms with Crippen molar-refractivity contribution < 1.29 is 19.8 Å². The van der Waals surface area contributed by atoms with Gasteiger partial charge < -0.3 is 10.2 Å². The summed E-state index contributed by atoms with van der Waals surface area (Å²) in [7, 11) is 0. The number of carboxylic acid groups (broad SMARTS) is 2. The quantitative estimate of drug-likeness (QED) is 0.885. The molecule has 0 radical (unpaired) electrons. The van der Waals surface area contributed by atoms with E-state index in [0.29, 0.717) is 5.56 Å². The van der Waals surface area contributed by atoms with Gasteiger partial charge in [0.25, 0.3) is 0 Å². The summed E-state index contributed by atoms with van der Waals surface area (Å²) in [5.41, 5.74) is 2.21. The van der Waals surface area contributed by atoms with E-state index >= 15 is 0 Å². The van der Waals surface area contributed by atoms with Crippen molar-refractivity contribution in [2.45, 2.75) is 6.92 Å². The van der Waals surface area contributed by atoms with Gasteiger partial charge in [0.1, 0.15) is 0 Å². The average molecular weight is 256 g/mol. The second kappa shape index (κ2) is 4.94. The summed E-state index contributed by atoms with van der Waals surface area (Å²) in [4.78, 5) is 22.2. The molecule has 96 valence electrons. The van der Waals surface area contributed by atoms with Crippen LogP contribution in [0.4, 0.5) is 0 Å². The maximum atomic E-state index is 11.2. The van der Waals surface area contributed by atoms with Crippen molar-refractivity contribution >= 4 is 11.9 Å². The number of carboxylic acids is 2. The Labute approximate surface area is 109 Å². The average Bonchev–Trinajstić information content (AvgIpc) is 2.38. The van der Waals surface area contributed by atoms with E-state index in [1.807, 2.05) is 19.1 Å². The van der Waals surface area contributed by atoms with Crippen molar-refractivity contribution in [3.05, 3.63) is 59.2 Å². The molecule has 4 heteroatoms. The minimum atomic E-state index is -1.08. The van der Waals surface area contributed by atoms with Crippen LogP contribution in [0.3, 0.4) is 0 Å². The Kier molecular flexibility index (Phi) is 3.33. The molecule has 0 amide bonds. The summed E-state index contributed by atoms with van der Waals surface area (Å²) in [6.45, 7) is 1.86. The summed E-state index contributed by atoms with van der Waals surface area (Å²) in [5.74, 6) is -2.15. The van der Waals surface area contributed by atoms with E-state index in [0.717, 1.165) is 11.1 Å². The van der Waals surface area contributed by atoms with Crippen LogP contribution in [0.2, 0.25) is 0 Å². The van der Waals surface area contributed by atoms with Gasteiger partial charge in [-0.2, -0.15) is 0 Å². The number of benzene rings is 2. The molecule has 0 aliphatic heterocycles. The summed E-state index contributed by atoms with van der Waals surface area (Å²) in [5, 5.41) is 18.2. The number of rotatable bonds is 3. The first kappa shape index (κ1) is 12.8. The maximum Gasteiger partial charge on any atom is 0.336 e. The molecule has 0 aromatic heterocycles. The zero-order valence-electron chi connectivity index (χ0n) is 10.3. The minimum absolute atomic E-state index is 0.0725. The predicted molar refractivity (Wildman–Crippen MR) is 70.5 cm³/mol. The SMILES string of the molecule is Cc1ccccc1-c1cc(C(=O)O)ccc1C(=O)O. The van der Waals surface area contributed by atoms with Gasteiger partial charge in [-0.3, -0.25) is 0 Å². The van der Waals surface area contributed by atoms with Crippen LogP contribution in [0, 0.1) is 6.92 Å². The topological polar surface area (TPSA) is 74.6 Å². The third-order valence-electron chi connectivity index (χ3n) is 2.93.